The zero-order valence-electron chi connectivity index (χ0n) is 8.43. The molecule has 0 saturated carbocycles. The average Bonchev–Trinajstić information content (AvgIpc) is 2.49. The quantitative estimate of drug-likeness (QED) is 0.743. The third-order valence-electron chi connectivity index (χ3n) is 2.38. The minimum Gasteiger partial charge on any atom is -0.481 e. The molecule has 1 rings (SSSR count). The lowest BCUT2D eigenvalue weighted by molar-refractivity contribution is -0.142. The molecule has 1 N–H and O–H groups in total. The van der Waals surface area contributed by atoms with Gasteiger partial charge in [0.05, 0.1) is 11.7 Å². The minimum absolute atomic E-state index is 0.00904. The van der Waals surface area contributed by atoms with Crippen molar-refractivity contribution in [2.45, 2.75) is 19.8 Å². The molecule has 0 aromatic heterocycles. The molecule has 0 aromatic carbocycles. The molecule has 1 atom stereocenters. The summed E-state index contributed by atoms with van der Waals surface area (Å²) >= 11 is 6.33. The molecule has 1 amide bonds. The van der Waals surface area contributed by atoms with E-state index in [2.05, 4.69) is 0 Å². The van der Waals surface area contributed by atoms with Gasteiger partial charge in [0, 0.05) is 6.54 Å². The Morgan fingerprint density at radius 2 is 2.40 bits per heavy atom. The van der Waals surface area contributed by atoms with E-state index in [4.69, 9.17) is 17.3 Å². The predicted molar refractivity (Wildman–Crippen MR) is 62.8 cm³/mol. The van der Waals surface area contributed by atoms with Gasteiger partial charge in [-0.05, 0) is 12.8 Å². The first kappa shape index (κ1) is 12.4. The van der Waals surface area contributed by atoms with E-state index in [0.717, 1.165) is 0 Å². The van der Waals surface area contributed by atoms with Crippen molar-refractivity contribution in [3.05, 3.63) is 0 Å². The molecular formula is C9H13NO3S2. The lowest BCUT2D eigenvalue weighted by atomic mass is 10.0. The highest BCUT2D eigenvalue weighted by Gasteiger charge is 2.27. The zero-order chi connectivity index (χ0) is 11.4. The molecule has 1 aliphatic heterocycles. The monoisotopic (exact) mass is 247 g/mol. The summed E-state index contributed by atoms with van der Waals surface area (Å²) in [5, 5.41) is 8.84. The van der Waals surface area contributed by atoms with Crippen LogP contribution in [0.5, 0.6) is 0 Å². The number of thiocarbonyl (C=S) groups is 1. The van der Waals surface area contributed by atoms with Gasteiger partial charge in [-0.1, -0.05) is 30.9 Å². The van der Waals surface area contributed by atoms with Crippen molar-refractivity contribution in [2.75, 3.05) is 12.3 Å². The number of carboxylic acid groups (broad SMARTS) is 1. The number of carboxylic acids is 1. The molecule has 84 valence electrons. The smallest absolute Gasteiger partial charge is 0.306 e. The molecule has 0 bridgehead atoms. The number of nitrogens with zero attached hydrogens (tertiary/aromatic N) is 1. The van der Waals surface area contributed by atoms with E-state index in [1.54, 1.807) is 0 Å². The molecule has 1 aliphatic rings. The third-order valence-corrected chi connectivity index (χ3v) is 3.82. The molecule has 1 saturated heterocycles. The van der Waals surface area contributed by atoms with Crippen LogP contribution >= 0.6 is 24.0 Å². The number of hydrogen-bond donors (Lipinski definition) is 1. The second-order valence-corrected chi connectivity index (χ2v) is 4.94. The van der Waals surface area contributed by atoms with Gasteiger partial charge in [0.25, 0.3) is 0 Å². The van der Waals surface area contributed by atoms with Crippen molar-refractivity contribution in [3.63, 3.8) is 0 Å². The first-order chi connectivity index (χ1) is 7.06. The summed E-state index contributed by atoms with van der Waals surface area (Å²) in [6.45, 7) is 2.26. The second kappa shape index (κ2) is 5.46. The molecule has 0 aliphatic carbocycles. The average molecular weight is 247 g/mol. The SMILES string of the molecule is CCC(CCN1C(=O)CSC1=S)C(=O)O. The lowest BCUT2D eigenvalue weighted by Crippen LogP contribution is -2.31. The maximum absolute atomic E-state index is 11.3. The number of thioether (sulfide) groups is 1. The maximum atomic E-state index is 11.3. The summed E-state index contributed by atoms with van der Waals surface area (Å²) in [5.41, 5.74) is 0. The first-order valence-electron chi connectivity index (χ1n) is 4.76. The highest BCUT2D eigenvalue weighted by Crippen LogP contribution is 2.21. The molecule has 1 unspecified atom stereocenters. The van der Waals surface area contributed by atoms with Crippen molar-refractivity contribution in [3.8, 4) is 0 Å². The fraction of sp³-hybridized carbons (Fsp3) is 0.667. The fourth-order valence-electron chi connectivity index (χ4n) is 1.38. The van der Waals surface area contributed by atoms with Crippen LogP contribution in [0.2, 0.25) is 0 Å². The van der Waals surface area contributed by atoms with Gasteiger partial charge in [-0.15, -0.1) is 0 Å². The van der Waals surface area contributed by atoms with Gasteiger partial charge in [-0.2, -0.15) is 0 Å². The Labute approximate surface area is 98.0 Å². The normalized spacial score (nSPS) is 18.3. The predicted octanol–water partition coefficient (Wildman–Crippen LogP) is 1.35. The van der Waals surface area contributed by atoms with E-state index in [0.29, 0.717) is 29.5 Å². The van der Waals surface area contributed by atoms with Crippen LogP contribution in [0.3, 0.4) is 0 Å². The van der Waals surface area contributed by atoms with Crippen LogP contribution in [-0.2, 0) is 9.59 Å². The molecule has 0 radical (unpaired) electrons. The Morgan fingerprint density at radius 1 is 1.73 bits per heavy atom. The van der Waals surface area contributed by atoms with Crippen molar-refractivity contribution in [2.24, 2.45) is 5.92 Å². The summed E-state index contributed by atoms with van der Waals surface area (Å²) in [6.07, 6.45) is 1.05. The number of hydrogen-bond acceptors (Lipinski definition) is 4. The minimum atomic E-state index is -0.803. The first-order valence-corrected chi connectivity index (χ1v) is 6.15. The molecule has 1 fully saturated rings. The summed E-state index contributed by atoms with van der Waals surface area (Å²) in [7, 11) is 0. The summed E-state index contributed by atoms with van der Waals surface area (Å²) in [6, 6.07) is 0. The largest absolute Gasteiger partial charge is 0.481 e. The van der Waals surface area contributed by atoms with Crippen molar-refractivity contribution >= 4 is 40.2 Å². The van der Waals surface area contributed by atoms with Crippen LogP contribution in [0.15, 0.2) is 0 Å². The highest BCUT2D eigenvalue weighted by atomic mass is 32.2. The third kappa shape index (κ3) is 3.17. The molecule has 4 nitrogen and oxygen atoms in total. The fourth-order valence-corrected chi connectivity index (χ4v) is 2.51. The Hall–Kier alpha value is -0.620. The van der Waals surface area contributed by atoms with Gasteiger partial charge in [-0.25, -0.2) is 0 Å². The van der Waals surface area contributed by atoms with Crippen LogP contribution < -0.4 is 0 Å². The molecule has 0 spiro atoms. The van der Waals surface area contributed by atoms with Crippen molar-refractivity contribution in [1.82, 2.24) is 4.90 Å². The summed E-state index contributed by atoms with van der Waals surface area (Å²) in [5.74, 6) is -0.804. The second-order valence-electron chi connectivity index (χ2n) is 3.33. The van der Waals surface area contributed by atoms with Crippen LogP contribution in [-0.4, -0.2) is 38.5 Å². The van der Waals surface area contributed by atoms with Crippen LogP contribution in [0.1, 0.15) is 19.8 Å². The standard InChI is InChI=1S/C9H13NO3S2/c1-2-6(8(12)13)3-4-10-7(11)5-15-9(10)14/h6H,2-5H2,1H3,(H,12,13). The van der Waals surface area contributed by atoms with Gasteiger partial charge >= 0.3 is 5.97 Å². The Balaban J connectivity index is 2.45. The molecule has 6 heteroatoms. The number of aliphatic carboxylic acids is 1. The molecule has 0 aromatic rings. The summed E-state index contributed by atoms with van der Waals surface area (Å²) in [4.78, 5) is 23.6. The van der Waals surface area contributed by atoms with Gasteiger partial charge < -0.3 is 5.11 Å². The lowest BCUT2D eigenvalue weighted by Gasteiger charge is -2.17. The van der Waals surface area contributed by atoms with Crippen molar-refractivity contribution in [1.29, 1.82) is 0 Å². The van der Waals surface area contributed by atoms with Gasteiger partial charge in [0.15, 0.2) is 0 Å². The number of amides is 1. The molecular weight excluding hydrogens is 234 g/mol. The number of rotatable bonds is 5. The summed E-state index contributed by atoms with van der Waals surface area (Å²) < 4.78 is 0.570. The zero-order valence-corrected chi connectivity index (χ0v) is 10.1. The number of carbonyl (C=O) groups excluding carboxylic acids is 1. The maximum Gasteiger partial charge on any atom is 0.306 e. The highest BCUT2D eigenvalue weighted by molar-refractivity contribution is 8.23. The van der Waals surface area contributed by atoms with E-state index >= 15 is 0 Å². The van der Waals surface area contributed by atoms with E-state index < -0.39 is 5.97 Å². The molecule has 1 heterocycles. The number of carbonyl (C=O) groups is 2. The van der Waals surface area contributed by atoms with E-state index in [1.807, 2.05) is 6.92 Å². The van der Waals surface area contributed by atoms with Crippen LogP contribution in [0.25, 0.3) is 0 Å². The molecule has 15 heavy (non-hydrogen) atoms. The van der Waals surface area contributed by atoms with Crippen LogP contribution in [0, 0.1) is 5.92 Å². The van der Waals surface area contributed by atoms with Gasteiger partial charge in [-0.3, -0.25) is 14.5 Å². The van der Waals surface area contributed by atoms with Crippen LogP contribution in [0.4, 0.5) is 0 Å². The topological polar surface area (TPSA) is 57.6 Å². The Kier molecular flexibility index (Phi) is 4.53. The Bertz CT molecular complexity index is 277. The van der Waals surface area contributed by atoms with Crippen molar-refractivity contribution < 1.29 is 14.7 Å². The van der Waals surface area contributed by atoms with Gasteiger partial charge in [0.1, 0.15) is 4.32 Å². The van der Waals surface area contributed by atoms with Gasteiger partial charge in [0.2, 0.25) is 5.91 Å². The van der Waals surface area contributed by atoms with E-state index in [1.165, 1.54) is 16.7 Å². The van der Waals surface area contributed by atoms with E-state index in [-0.39, 0.29) is 11.8 Å². The van der Waals surface area contributed by atoms with E-state index in [9.17, 15) is 9.59 Å². The Morgan fingerprint density at radius 3 is 2.80 bits per heavy atom.